The number of benzene rings is 1. The first kappa shape index (κ1) is 14.8. The molecule has 1 rings (SSSR count). The van der Waals surface area contributed by atoms with Gasteiger partial charge in [-0.3, -0.25) is 0 Å². The Labute approximate surface area is 115 Å². The topological polar surface area (TPSA) is 9.23 Å². The number of aryl methyl sites for hydroxylation is 1. The Morgan fingerprint density at radius 2 is 1.82 bits per heavy atom. The van der Waals surface area contributed by atoms with Gasteiger partial charge in [-0.05, 0) is 48.3 Å². The van der Waals surface area contributed by atoms with Gasteiger partial charge in [-0.1, -0.05) is 43.6 Å². The molecule has 0 unspecified atom stereocenters. The number of hydrogen-bond donors (Lipinski definition) is 0. The third kappa shape index (κ3) is 3.59. The van der Waals surface area contributed by atoms with Crippen molar-refractivity contribution >= 4 is 24.2 Å². The van der Waals surface area contributed by atoms with Crippen molar-refractivity contribution in [3.63, 3.8) is 0 Å². The number of hydrogen-bond acceptors (Lipinski definition) is 1. The number of rotatable bonds is 3. The summed E-state index contributed by atoms with van der Waals surface area (Å²) >= 11 is 3.57. The van der Waals surface area contributed by atoms with Crippen molar-refractivity contribution in [1.29, 1.82) is 0 Å². The first-order valence-corrected chi connectivity index (χ1v) is 9.85. The van der Waals surface area contributed by atoms with Crippen LogP contribution in [0, 0.1) is 0 Å². The summed E-state index contributed by atoms with van der Waals surface area (Å²) in [5.74, 6) is 1.01. The Balaban J connectivity index is 2.96. The minimum atomic E-state index is -1.71. The Morgan fingerprint density at radius 3 is 2.29 bits per heavy atom. The standard InChI is InChI=1S/C14H23BrOSi/c1-7-11-10-12(8-9-13(11)15)16-17(5,6)14(2,3)4/h8-10H,7H2,1-6H3. The van der Waals surface area contributed by atoms with Gasteiger partial charge in [-0.2, -0.15) is 0 Å². The van der Waals surface area contributed by atoms with Gasteiger partial charge in [-0.25, -0.2) is 0 Å². The summed E-state index contributed by atoms with van der Waals surface area (Å²) < 4.78 is 7.45. The zero-order chi connectivity index (χ0) is 13.3. The van der Waals surface area contributed by atoms with Crippen LogP contribution in [-0.2, 0) is 6.42 Å². The lowest BCUT2D eigenvalue weighted by Crippen LogP contribution is -2.43. The number of halogens is 1. The van der Waals surface area contributed by atoms with Gasteiger partial charge in [0.1, 0.15) is 5.75 Å². The molecule has 0 amide bonds. The van der Waals surface area contributed by atoms with Crippen LogP contribution < -0.4 is 4.43 Å². The summed E-state index contributed by atoms with van der Waals surface area (Å²) in [5, 5.41) is 0.243. The lowest BCUT2D eigenvalue weighted by Gasteiger charge is -2.36. The van der Waals surface area contributed by atoms with E-state index in [1.165, 1.54) is 10.0 Å². The van der Waals surface area contributed by atoms with Gasteiger partial charge < -0.3 is 4.43 Å². The molecular weight excluding hydrogens is 292 g/mol. The van der Waals surface area contributed by atoms with E-state index in [4.69, 9.17) is 4.43 Å². The summed E-state index contributed by atoms with van der Waals surface area (Å²) in [6.45, 7) is 13.5. The molecule has 17 heavy (non-hydrogen) atoms. The van der Waals surface area contributed by atoms with Crippen LogP contribution in [0.15, 0.2) is 22.7 Å². The van der Waals surface area contributed by atoms with Crippen molar-refractivity contribution in [2.24, 2.45) is 0 Å². The molecular formula is C14H23BrOSi. The van der Waals surface area contributed by atoms with Crippen LogP contribution in [-0.4, -0.2) is 8.32 Å². The van der Waals surface area contributed by atoms with E-state index in [0.717, 1.165) is 12.2 Å². The normalized spacial score (nSPS) is 12.6. The highest BCUT2D eigenvalue weighted by Crippen LogP contribution is 2.37. The molecule has 1 aromatic rings. The second kappa shape index (κ2) is 5.15. The second-order valence-electron chi connectivity index (χ2n) is 5.97. The van der Waals surface area contributed by atoms with E-state index in [1.54, 1.807) is 0 Å². The van der Waals surface area contributed by atoms with Crippen LogP contribution in [0.5, 0.6) is 5.75 Å². The Morgan fingerprint density at radius 1 is 1.24 bits per heavy atom. The third-order valence-electron chi connectivity index (χ3n) is 3.58. The molecule has 0 bridgehead atoms. The maximum atomic E-state index is 6.28. The summed E-state index contributed by atoms with van der Waals surface area (Å²) in [6.07, 6.45) is 1.02. The highest BCUT2D eigenvalue weighted by Gasteiger charge is 2.38. The van der Waals surface area contributed by atoms with E-state index < -0.39 is 8.32 Å². The van der Waals surface area contributed by atoms with Crippen molar-refractivity contribution in [2.75, 3.05) is 0 Å². The molecule has 0 aliphatic carbocycles. The summed E-state index contributed by atoms with van der Waals surface area (Å²) in [6, 6.07) is 6.30. The van der Waals surface area contributed by atoms with Gasteiger partial charge in [0.25, 0.3) is 0 Å². The van der Waals surface area contributed by atoms with Gasteiger partial charge in [0, 0.05) is 4.47 Å². The summed E-state index contributed by atoms with van der Waals surface area (Å²) in [7, 11) is -1.71. The first-order valence-electron chi connectivity index (χ1n) is 6.15. The quantitative estimate of drug-likeness (QED) is 0.679. The van der Waals surface area contributed by atoms with E-state index in [-0.39, 0.29) is 5.04 Å². The smallest absolute Gasteiger partial charge is 0.250 e. The predicted molar refractivity (Wildman–Crippen MR) is 81.3 cm³/mol. The lowest BCUT2D eigenvalue weighted by atomic mass is 10.2. The lowest BCUT2D eigenvalue weighted by molar-refractivity contribution is 0.491. The molecule has 0 heterocycles. The SMILES string of the molecule is CCc1cc(O[Si](C)(C)C(C)(C)C)ccc1Br. The predicted octanol–water partition coefficient (Wildman–Crippen LogP) is 5.40. The van der Waals surface area contributed by atoms with Crippen molar-refractivity contribution in [3.8, 4) is 5.75 Å². The molecule has 0 saturated carbocycles. The van der Waals surface area contributed by atoms with Crippen molar-refractivity contribution in [2.45, 2.75) is 52.2 Å². The molecule has 0 radical (unpaired) electrons. The third-order valence-corrected chi connectivity index (χ3v) is 8.71. The highest BCUT2D eigenvalue weighted by molar-refractivity contribution is 9.10. The molecule has 1 aromatic carbocycles. The zero-order valence-corrected chi connectivity index (χ0v) is 14.3. The molecule has 1 nitrogen and oxygen atoms in total. The fourth-order valence-corrected chi connectivity index (χ4v) is 2.88. The molecule has 0 aliphatic rings. The van der Waals surface area contributed by atoms with Crippen LogP contribution in [0.2, 0.25) is 18.1 Å². The summed E-state index contributed by atoms with van der Waals surface area (Å²) in [4.78, 5) is 0. The second-order valence-corrected chi connectivity index (χ2v) is 11.5. The van der Waals surface area contributed by atoms with Gasteiger partial charge >= 0.3 is 0 Å². The van der Waals surface area contributed by atoms with Gasteiger partial charge in [0.15, 0.2) is 0 Å². The summed E-state index contributed by atoms with van der Waals surface area (Å²) in [5.41, 5.74) is 1.31. The van der Waals surface area contributed by atoms with Crippen LogP contribution in [0.25, 0.3) is 0 Å². The molecule has 0 N–H and O–H groups in total. The first-order chi connectivity index (χ1) is 7.67. The largest absolute Gasteiger partial charge is 0.543 e. The van der Waals surface area contributed by atoms with Crippen LogP contribution in [0.4, 0.5) is 0 Å². The van der Waals surface area contributed by atoms with E-state index in [2.05, 4.69) is 74.9 Å². The molecule has 0 atom stereocenters. The molecule has 96 valence electrons. The van der Waals surface area contributed by atoms with E-state index >= 15 is 0 Å². The Hall–Kier alpha value is -0.283. The van der Waals surface area contributed by atoms with E-state index in [1.807, 2.05) is 0 Å². The Kier molecular flexibility index (Phi) is 4.47. The van der Waals surface area contributed by atoms with Crippen molar-refractivity contribution < 1.29 is 4.43 Å². The molecule has 0 aromatic heterocycles. The molecule has 0 aliphatic heterocycles. The van der Waals surface area contributed by atoms with Gasteiger partial charge in [0.05, 0.1) is 0 Å². The minimum absolute atomic E-state index is 0.243. The molecule has 0 fully saturated rings. The zero-order valence-electron chi connectivity index (χ0n) is 11.7. The fraction of sp³-hybridized carbons (Fsp3) is 0.571. The van der Waals surface area contributed by atoms with Crippen LogP contribution in [0.1, 0.15) is 33.3 Å². The molecule has 0 spiro atoms. The van der Waals surface area contributed by atoms with E-state index in [0.29, 0.717) is 0 Å². The fourth-order valence-electron chi connectivity index (χ4n) is 1.33. The average Bonchev–Trinajstić information content (AvgIpc) is 2.19. The van der Waals surface area contributed by atoms with Crippen LogP contribution in [0.3, 0.4) is 0 Å². The minimum Gasteiger partial charge on any atom is -0.543 e. The van der Waals surface area contributed by atoms with Crippen molar-refractivity contribution in [3.05, 3.63) is 28.2 Å². The maximum Gasteiger partial charge on any atom is 0.250 e. The van der Waals surface area contributed by atoms with Gasteiger partial charge in [0.2, 0.25) is 8.32 Å². The average molecular weight is 315 g/mol. The van der Waals surface area contributed by atoms with Gasteiger partial charge in [-0.15, -0.1) is 0 Å². The molecule has 0 saturated heterocycles. The maximum absolute atomic E-state index is 6.28. The highest BCUT2D eigenvalue weighted by atomic mass is 79.9. The van der Waals surface area contributed by atoms with Crippen LogP contribution >= 0.6 is 15.9 Å². The van der Waals surface area contributed by atoms with Crippen molar-refractivity contribution in [1.82, 2.24) is 0 Å². The van der Waals surface area contributed by atoms with E-state index in [9.17, 15) is 0 Å². The Bertz CT molecular complexity index is 394. The molecule has 3 heteroatoms. The monoisotopic (exact) mass is 314 g/mol.